The van der Waals surface area contributed by atoms with Gasteiger partial charge in [0, 0.05) is 5.39 Å². The molecule has 0 atom stereocenters. The zero-order chi connectivity index (χ0) is 14.8. The predicted molar refractivity (Wildman–Crippen MR) is 79.2 cm³/mol. The molecule has 0 aliphatic carbocycles. The number of aldehydes is 1. The Morgan fingerprint density at radius 2 is 1.81 bits per heavy atom. The van der Waals surface area contributed by atoms with Crippen LogP contribution in [0.5, 0.6) is 0 Å². The first kappa shape index (κ1) is 12.9. The number of carbonyl (C=O) groups excluding carboxylic acids is 1. The summed E-state index contributed by atoms with van der Waals surface area (Å²) in [5, 5.41) is 12.2. The first-order chi connectivity index (χ1) is 10.2. The monoisotopic (exact) mass is 278 g/mol. The minimum Gasteiger partial charge on any atom is -0.298 e. The standard InChI is InChI=1S/C16H10N2O3/c19-10-12-5-3-6-13(16(12)18(20)21)15-9-8-11-4-1-2-7-14(11)17-15/h1-10H. The first-order valence-electron chi connectivity index (χ1n) is 6.29. The number of nitro benzene ring substituents is 1. The highest BCUT2D eigenvalue weighted by atomic mass is 16.6. The van der Waals surface area contributed by atoms with Gasteiger partial charge in [0.2, 0.25) is 0 Å². The molecular formula is C16H10N2O3. The van der Waals surface area contributed by atoms with Crippen LogP contribution in [0.4, 0.5) is 5.69 Å². The van der Waals surface area contributed by atoms with Crippen molar-refractivity contribution in [2.45, 2.75) is 0 Å². The van der Waals surface area contributed by atoms with Crippen molar-refractivity contribution in [3.63, 3.8) is 0 Å². The molecule has 0 N–H and O–H groups in total. The number of carbonyl (C=O) groups is 1. The molecule has 0 radical (unpaired) electrons. The summed E-state index contributed by atoms with van der Waals surface area (Å²) in [7, 11) is 0. The number of fused-ring (bicyclic) bond motifs is 1. The number of pyridine rings is 1. The summed E-state index contributed by atoms with van der Waals surface area (Å²) in [5.41, 5.74) is 1.41. The van der Waals surface area contributed by atoms with E-state index in [1.165, 1.54) is 6.07 Å². The summed E-state index contributed by atoms with van der Waals surface area (Å²) >= 11 is 0. The van der Waals surface area contributed by atoms with E-state index < -0.39 is 4.92 Å². The number of rotatable bonds is 3. The number of hydrogen-bond acceptors (Lipinski definition) is 4. The highest BCUT2D eigenvalue weighted by molar-refractivity contribution is 5.89. The van der Waals surface area contributed by atoms with E-state index in [0.29, 0.717) is 17.5 Å². The Hall–Kier alpha value is -3.08. The second kappa shape index (κ2) is 5.13. The fraction of sp³-hybridized carbons (Fsp3) is 0. The Labute approximate surface area is 120 Å². The molecule has 0 spiro atoms. The molecule has 1 aromatic heterocycles. The minimum absolute atomic E-state index is 0.0486. The summed E-state index contributed by atoms with van der Waals surface area (Å²) in [5.74, 6) is 0. The number of para-hydroxylation sites is 2. The van der Waals surface area contributed by atoms with Crippen molar-refractivity contribution in [3.8, 4) is 11.3 Å². The molecule has 3 rings (SSSR count). The molecule has 0 aliphatic rings. The zero-order valence-corrected chi connectivity index (χ0v) is 10.9. The molecule has 0 unspecified atom stereocenters. The zero-order valence-electron chi connectivity index (χ0n) is 10.9. The van der Waals surface area contributed by atoms with Crippen molar-refractivity contribution in [1.29, 1.82) is 0 Å². The third-order valence-electron chi connectivity index (χ3n) is 3.25. The average molecular weight is 278 g/mol. The summed E-state index contributed by atoms with van der Waals surface area (Å²) in [6.45, 7) is 0. The first-order valence-corrected chi connectivity index (χ1v) is 6.29. The van der Waals surface area contributed by atoms with Crippen molar-refractivity contribution >= 4 is 22.9 Å². The largest absolute Gasteiger partial charge is 0.298 e. The lowest BCUT2D eigenvalue weighted by Gasteiger charge is -2.05. The number of hydrogen-bond donors (Lipinski definition) is 0. The number of nitrogens with zero attached hydrogens (tertiary/aromatic N) is 2. The lowest BCUT2D eigenvalue weighted by atomic mass is 10.0. The molecule has 1 heterocycles. The van der Waals surface area contributed by atoms with Crippen molar-refractivity contribution < 1.29 is 9.72 Å². The van der Waals surface area contributed by atoms with Crippen LogP contribution in [0.3, 0.4) is 0 Å². The Morgan fingerprint density at radius 1 is 1.00 bits per heavy atom. The van der Waals surface area contributed by atoms with Gasteiger partial charge < -0.3 is 0 Å². The molecule has 5 heteroatoms. The minimum atomic E-state index is -0.546. The van der Waals surface area contributed by atoms with Gasteiger partial charge in [-0.15, -0.1) is 0 Å². The van der Waals surface area contributed by atoms with Gasteiger partial charge in [-0.1, -0.05) is 30.3 Å². The van der Waals surface area contributed by atoms with Gasteiger partial charge in [-0.05, 0) is 24.3 Å². The average Bonchev–Trinajstić information content (AvgIpc) is 2.53. The normalized spacial score (nSPS) is 10.5. The van der Waals surface area contributed by atoms with Crippen molar-refractivity contribution in [3.05, 3.63) is 70.3 Å². The number of benzene rings is 2. The van der Waals surface area contributed by atoms with Crippen LogP contribution in [-0.4, -0.2) is 16.2 Å². The van der Waals surface area contributed by atoms with Crippen molar-refractivity contribution in [2.24, 2.45) is 0 Å². The molecule has 2 aromatic carbocycles. The third-order valence-corrected chi connectivity index (χ3v) is 3.25. The second-order valence-electron chi connectivity index (χ2n) is 4.51. The Morgan fingerprint density at radius 3 is 2.57 bits per heavy atom. The molecule has 0 fully saturated rings. The van der Waals surface area contributed by atoms with Crippen LogP contribution in [0.2, 0.25) is 0 Å². The maximum absolute atomic E-state index is 11.3. The van der Waals surface area contributed by atoms with Crippen LogP contribution in [0, 0.1) is 10.1 Å². The van der Waals surface area contributed by atoms with Gasteiger partial charge in [-0.3, -0.25) is 14.9 Å². The highest BCUT2D eigenvalue weighted by Gasteiger charge is 2.21. The van der Waals surface area contributed by atoms with Crippen LogP contribution in [0.1, 0.15) is 10.4 Å². The van der Waals surface area contributed by atoms with Gasteiger partial charge in [0.25, 0.3) is 5.69 Å². The van der Waals surface area contributed by atoms with Crippen molar-refractivity contribution in [2.75, 3.05) is 0 Å². The lowest BCUT2D eigenvalue weighted by Crippen LogP contribution is -1.98. The Bertz CT molecular complexity index is 859. The van der Waals surface area contributed by atoms with Crippen LogP contribution in [-0.2, 0) is 0 Å². The molecular weight excluding hydrogens is 268 g/mol. The van der Waals surface area contributed by atoms with Gasteiger partial charge >= 0.3 is 0 Å². The van der Waals surface area contributed by atoms with Gasteiger partial charge in [0.1, 0.15) is 0 Å². The molecule has 0 aliphatic heterocycles. The van der Waals surface area contributed by atoms with Crippen LogP contribution >= 0.6 is 0 Å². The Balaban J connectivity index is 2.27. The molecule has 102 valence electrons. The van der Waals surface area contributed by atoms with E-state index in [-0.39, 0.29) is 11.3 Å². The molecule has 5 nitrogen and oxygen atoms in total. The lowest BCUT2D eigenvalue weighted by molar-refractivity contribution is -0.384. The summed E-state index contributed by atoms with van der Waals surface area (Å²) in [6.07, 6.45) is 0.489. The van der Waals surface area contributed by atoms with Gasteiger partial charge in [0.15, 0.2) is 6.29 Å². The van der Waals surface area contributed by atoms with E-state index in [1.54, 1.807) is 18.2 Å². The number of nitro groups is 1. The third kappa shape index (κ3) is 2.25. The SMILES string of the molecule is O=Cc1cccc(-c2ccc3ccccc3n2)c1[N+](=O)[O-]. The Kier molecular flexibility index (Phi) is 3.16. The van der Waals surface area contributed by atoms with E-state index in [9.17, 15) is 14.9 Å². The van der Waals surface area contributed by atoms with Crippen LogP contribution in [0.25, 0.3) is 22.2 Å². The summed E-state index contributed by atoms with van der Waals surface area (Å²) in [4.78, 5) is 26.2. The molecule has 0 bridgehead atoms. The predicted octanol–water partition coefficient (Wildman–Crippen LogP) is 3.62. The highest BCUT2D eigenvalue weighted by Crippen LogP contribution is 2.31. The number of aromatic nitrogens is 1. The van der Waals surface area contributed by atoms with Crippen LogP contribution < -0.4 is 0 Å². The van der Waals surface area contributed by atoms with Crippen LogP contribution in [0.15, 0.2) is 54.6 Å². The van der Waals surface area contributed by atoms with Gasteiger partial charge in [-0.2, -0.15) is 0 Å². The molecule has 0 saturated heterocycles. The maximum atomic E-state index is 11.3. The molecule has 0 saturated carbocycles. The fourth-order valence-corrected chi connectivity index (χ4v) is 2.28. The topological polar surface area (TPSA) is 73.1 Å². The maximum Gasteiger partial charge on any atom is 0.289 e. The molecule has 3 aromatic rings. The fourth-order valence-electron chi connectivity index (χ4n) is 2.28. The quantitative estimate of drug-likeness (QED) is 0.416. The van der Waals surface area contributed by atoms with E-state index in [1.807, 2.05) is 30.3 Å². The van der Waals surface area contributed by atoms with Gasteiger partial charge in [-0.25, -0.2) is 4.98 Å². The van der Waals surface area contributed by atoms with Gasteiger partial charge in [0.05, 0.1) is 27.3 Å². The van der Waals surface area contributed by atoms with E-state index in [0.717, 1.165) is 10.9 Å². The van der Waals surface area contributed by atoms with Crippen molar-refractivity contribution in [1.82, 2.24) is 4.98 Å². The van der Waals surface area contributed by atoms with E-state index >= 15 is 0 Å². The summed E-state index contributed by atoms with van der Waals surface area (Å²) < 4.78 is 0. The van der Waals surface area contributed by atoms with E-state index in [4.69, 9.17) is 0 Å². The summed E-state index contributed by atoms with van der Waals surface area (Å²) in [6, 6.07) is 15.7. The van der Waals surface area contributed by atoms with E-state index in [2.05, 4.69) is 4.98 Å². The smallest absolute Gasteiger partial charge is 0.289 e. The second-order valence-corrected chi connectivity index (χ2v) is 4.51. The molecule has 21 heavy (non-hydrogen) atoms. The molecule has 0 amide bonds.